The van der Waals surface area contributed by atoms with Crippen molar-refractivity contribution in [2.75, 3.05) is 23.7 Å². The maximum absolute atomic E-state index is 13.3. The molecule has 0 spiro atoms. The van der Waals surface area contributed by atoms with E-state index in [1.807, 2.05) is 19.1 Å². The fourth-order valence-corrected chi connectivity index (χ4v) is 3.69. The Hall–Kier alpha value is -3.37. The van der Waals surface area contributed by atoms with Gasteiger partial charge in [-0.15, -0.1) is 0 Å². The van der Waals surface area contributed by atoms with Crippen LogP contribution < -0.4 is 21.1 Å². The monoisotopic (exact) mass is 457 g/mol. The first-order valence-corrected chi connectivity index (χ1v) is 10.7. The Kier molecular flexibility index (Phi) is 8.23. The van der Waals surface area contributed by atoms with Crippen LogP contribution in [0.2, 0.25) is 0 Å². The first kappa shape index (κ1) is 23.3. The van der Waals surface area contributed by atoms with Gasteiger partial charge in [-0.2, -0.15) is 0 Å². The average Bonchev–Trinajstić information content (AvgIpc) is 2.80. The number of hydroxylamine groups is 1. The normalized spacial score (nSPS) is 15.8. The zero-order valence-electron chi connectivity index (χ0n) is 17.6. The van der Waals surface area contributed by atoms with Gasteiger partial charge in [-0.1, -0.05) is 24.3 Å². The third-order valence-corrected chi connectivity index (χ3v) is 5.55. The number of aromatic amines is 1. The number of allylic oxidation sites excluding steroid dienone is 3. The molecule has 10 heteroatoms. The van der Waals surface area contributed by atoms with Crippen LogP contribution in [-0.4, -0.2) is 35.7 Å². The van der Waals surface area contributed by atoms with Crippen molar-refractivity contribution in [3.8, 4) is 0 Å². The first-order chi connectivity index (χ1) is 15.5. The predicted octanol–water partition coefficient (Wildman–Crippen LogP) is 3.82. The number of carbonyl (C=O) groups excluding carboxylic acids is 1. The van der Waals surface area contributed by atoms with Crippen LogP contribution in [0.4, 0.5) is 15.8 Å². The summed E-state index contributed by atoms with van der Waals surface area (Å²) in [6.07, 6.45) is 9.50. The SMILES string of the molecule is C/C=C(/SNc1ccc[nH]c1=O)c1cc(C(=O)NOC)ncc1NCC1=CCC(F)C=C1. The standard InChI is InChI=1S/C22H24FN5O3S/c1-3-20(32-28-17-5-4-10-24-21(17)29)16-11-18(22(30)27-31-2)26-13-19(16)25-12-14-6-8-15(23)9-7-14/h3-8,10-11,13,15,25,28H,9,12H2,1-2H3,(H,24,29)(H,27,30)/b20-3+. The molecule has 1 atom stereocenters. The van der Waals surface area contributed by atoms with E-state index in [0.717, 1.165) is 10.5 Å². The van der Waals surface area contributed by atoms with Gasteiger partial charge in [-0.3, -0.25) is 14.4 Å². The molecule has 1 unspecified atom stereocenters. The molecular weight excluding hydrogens is 433 g/mol. The van der Waals surface area contributed by atoms with Crippen molar-refractivity contribution in [1.82, 2.24) is 15.4 Å². The third kappa shape index (κ3) is 6.08. The average molecular weight is 458 g/mol. The van der Waals surface area contributed by atoms with Crippen molar-refractivity contribution in [2.24, 2.45) is 0 Å². The highest BCUT2D eigenvalue weighted by atomic mass is 32.2. The van der Waals surface area contributed by atoms with Crippen LogP contribution in [0, 0.1) is 0 Å². The minimum atomic E-state index is -0.951. The van der Waals surface area contributed by atoms with Crippen LogP contribution >= 0.6 is 11.9 Å². The largest absolute Gasteiger partial charge is 0.379 e. The molecule has 1 aliphatic rings. The number of H-pyrrole nitrogens is 1. The summed E-state index contributed by atoms with van der Waals surface area (Å²) in [5.74, 6) is -0.486. The van der Waals surface area contributed by atoms with E-state index in [9.17, 15) is 14.0 Å². The number of pyridine rings is 2. The minimum Gasteiger partial charge on any atom is -0.379 e. The molecule has 2 aromatic heterocycles. The van der Waals surface area contributed by atoms with E-state index >= 15 is 0 Å². The lowest BCUT2D eigenvalue weighted by molar-refractivity contribution is 0.0532. The zero-order chi connectivity index (χ0) is 22.9. The summed E-state index contributed by atoms with van der Waals surface area (Å²) >= 11 is 1.23. The highest BCUT2D eigenvalue weighted by Crippen LogP contribution is 2.33. The van der Waals surface area contributed by atoms with Crippen molar-refractivity contribution in [1.29, 1.82) is 0 Å². The van der Waals surface area contributed by atoms with E-state index < -0.39 is 12.1 Å². The number of aromatic nitrogens is 2. The number of halogens is 1. The molecule has 0 saturated heterocycles. The topological polar surface area (TPSA) is 108 Å². The van der Waals surface area contributed by atoms with E-state index in [1.165, 1.54) is 25.1 Å². The van der Waals surface area contributed by atoms with Gasteiger partial charge in [0.2, 0.25) is 0 Å². The van der Waals surface area contributed by atoms with Crippen molar-refractivity contribution in [2.45, 2.75) is 19.5 Å². The van der Waals surface area contributed by atoms with Crippen LogP contribution in [0.1, 0.15) is 29.4 Å². The Labute approximate surface area is 189 Å². The molecule has 0 aliphatic heterocycles. The molecule has 0 aromatic carbocycles. The number of rotatable bonds is 9. The highest BCUT2D eigenvalue weighted by Gasteiger charge is 2.16. The lowest BCUT2D eigenvalue weighted by atomic mass is 10.1. The summed E-state index contributed by atoms with van der Waals surface area (Å²) in [6.45, 7) is 2.32. The van der Waals surface area contributed by atoms with E-state index in [1.54, 1.807) is 36.7 Å². The maximum Gasteiger partial charge on any atom is 0.293 e. The molecule has 0 bridgehead atoms. The predicted molar refractivity (Wildman–Crippen MR) is 126 cm³/mol. The van der Waals surface area contributed by atoms with E-state index in [-0.39, 0.29) is 11.3 Å². The van der Waals surface area contributed by atoms with Gasteiger partial charge in [0.1, 0.15) is 17.6 Å². The van der Waals surface area contributed by atoms with E-state index in [0.29, 0.717) is 29.9 Å². The number of nitrogens with zero attached hydrogens (tertiary/aromatic N) is 1. The molecule has 168 valence electrons. The van der Waals surface area contributed by atoms with Gasteiger partial charge in [-0.25, -0.2) is 14.9 Å². The Balaban J connectivity index is 1.85. The second-order valence-electron chi connectivity index (χ2n) is 6.76. The fraction of sp³-hybridized carbons (Fsp3) is 0.227. The van der Waals surface area contributed by atoms with E-state index in [4.69, 9.17) is 4.84 Å². The summed E-state index contributed by atoms with van der Waals surface area (Å²) < 4.78 is 16.4. The lowest BCUT2D eigenvalue weighted by Gasteiger charge is -2.17. The van der Waals surface area contributed by atoms with Crippen molar-refractivity contribution < 1.29 is 14.0 Å². The number of carbonyl (C=O) groups is 1. The summed E-state index contributed by atoms with van der Waals surface area (Å²) in [5.41, 5.74) is 4.92. The number of hydrogen-bond donors (Lipinski definition) is 4. The Bertz CT molecular complexity index is 1110. The molecule has 2 heterocycles. The van der Waals surface area contributed by atoms with Crippen LogP contribution in [0.5, 0.6) is 0 Å². The zero-order valence-corrected chi connectivity index (χ0v) is 18.5. The van der Waals surface area contributed by atoms with Crippen LogP contribution in [0.25, 0.3) is 4.91 Å². The van der Waals surface area contributed by atoms with Gasteiger partial charge in [0.15, 0.2) is 0 Å². The van der Waals surface area contributed by atoms with Gasteiger partial charge in [0, 0.05) is 29.6 Å². The second-order valence-corrected chi connectivity index (χ2v) is 7.61. The van der Waals surface area contributed by atoms with Crippen molar-refractivity contribution >= 4 is 34.1 Å². The summed E-state index contributed by atoms with van der Waals surface area (Å²) in [5, 5.41) is 3.30. The Morgan fingerprint density at radius 2 is 2.28 bits per heavy atom. The third-order valence-electron chi connectivity index (χ3n) is 4.56. The number of hydrogen-bond acceptors (Lipinski definition) is 7. The quantitative estimate of drug-likeness (QED) is 0.335. The molecule has 1 aliphatic carbocycles. The maximum atomic E-state index is 13.3. The number of nitrogens with one attached hydrogen (secondary N) is 4. The lowest BCUT2D eigenvalue weighted by Crippen LogP contribution is -2.23. The van der Waals surface area contributed by atoms with Gasteiger partial charge in [-0.05, 0) is 42.6 Å². The van der Waals surface area contributed by atoms with Crippen LogP contribution in [0.15, 0.2) is 65.3 Å². The summed E-state index contributed by atoms with van der Waals surface area (Å²) in [7, 11) is 1.34. The Morgan fingerprint density at radius 1 is 1.44 bits per heavy atom. The highest BCUT2D eigenvalue weighted by molar-refractivity contribution is 8.09. The molecule has 3 rings (SSSR count). The smallest absolute Gasteiger partial charge is 0.293 e. The van der Waals surface area contributed by atoms with Crippen molar-refractivity contribution in [3.05, 3.63) is 82.1 Å². The van der Waals surface area contributed by atoms with Crippen LogP contribution in [0.3, 0.4) is 0 Å². The van der Waals surface area contributed by atoms with Gasteiger partial charge < -0.3 is 15.0 Å². The molecule has 2 aromatic rings. The van der Waals surface area contributed by atoms with Crippen LogP contribution in [-0.2, 0) is 4.84 Å². The molecule has 0 saturated carbocycles. The minimum absolute atomic E-state index is 0.168. The molecule has 8 nitrogen and oxygen atoms in total. The molecule has 4 N–H and O–H groups in total. The first-order valence-electron chi connectivity index (χ1n) is 9.87. The molecule has 0 radical (unpaired) electrons. The Morgan fingerprint density at radius 3 is 2.97 bits per heavy atom. The number of amides is 1. The van der Waals surface area contributed by atoms with Crippen molar-refractivity contribution in [3.63, 3.8) is 0 Å². The summed E-state index contributed by atoms with van der Waals surface area (Å²) in [6, 6.07) is 5.03. The fourth-order valence-electron chi connectivity index (χ4n) is 2.92. The second kappa shape index (κ2) is 11.3. The van der Waals surface area contributed by atoms with Gasteiger partial charge >= 0.3 is 0 Å². The molecule has 1 amide bonds. The van der Waals surface area contributed by atoms with Gasteiger partial charge in [0.05, 0.1) is 19.0 Å². The number of alkyl halides is 1. The number of anilines is 2. The molecule has 0 fully saturated rings. The van der Waals surface area contributed by atoms with E-state index in [2.05, 4.69) is 25.5 Å². The summed E-state index contributed by atoms with van der Waals surface area (Å²) in [4.78, 5) is 36.5. The van der Waals surface area contributed by atoms with Gasteiger partial charge in [0.25, 0.3) is 11.5 Å². The molecule has 32 heavy (non-hydrogen) atoms. The molecular formula is C22H24FN5O3S.